The first-order valence-corrected chi connectivity index (χ1v) is 37.1. The fraction of sp³-hybridized carbons (Fsp3) is 0.600. The maximum absolute atomic E-state index is 12.8. The van der Waals surface area contributed by atoms with Crippen LogP contribution in [0.3, 0.4) is 0 Å². The Morgan fingerprint density at radius 2 is 1.34 bits per heavy atom. The van der Waals surface area contributed by atoms with Crippen molar-refractivity contribution in [2.24, 2.45) is 5.92 Å². The summed E-state index contributed by atoms with van der Waals surface area (Å²) in [5.74, 6) is -1.90. The van der Waals surface area contributed by atoms with Crippen LogP contribution in [0.25, 0.3) is 0 Å². The predicted molar refractivity (Wildman–Crippen MR) is 345 cm³/mol. The topological polar surface area (TPSA) is 278 Å². The Balaban J connectivity index is -0.000000131. The van der Waals surface area contributed by atoms with Gasteiger partial charge in [-0.3, -0.25) is 9.18 Å². The van der Waals surface area contributed by atoms with Gasteiger partial charge in [0.25, 0.3) is 5.91 Å². The number of aliphatic hydroxyl groups excluding tert-OH is 1. The van der Waals surface area contributed by atoms with Gasteiger partial charge in [0.2, 0.25) is 0 Å². The van der Waals surface area contributed by atoms with Gasteiger partial charge in [-0.05, 0) is 53.6 Å². The Hall–Kier alpha value is -3.23. The summed E-state index contributed by atoms with van der Waals surface area (Å²) in [6, 6.07) is 6.49. The van der Waals surface area contributed by atoms with Gasteiger partial charge in [-0.2, -0.15) is 0 Å². The second-order valence-electron chi connectivity index (χ2n) is 21.6. The van der Waals surface area contributed by atoms with Crippen LogP contribution in [0.5, 0.6) is 0 Å². The smallest absolute Gasteiger partial charge is 1.00 e. The van der Waals surface area contributed by atoms with Crippen LogP contribution >= 0.6 is 11.6 Å². The number of rotatable bonds is 23. The molecule has 5 N–H and O–H groups in total. The number of nitrogens with zero attached hydrogens (tertiary/aromatic N) is 6. The summed E-state index contributed by atoms with van der Waals surface area (Å²) < 4.78 is 54.6. The SMILES string of the molecule is C.C.C.C.COC(=O)c1cn(COCC[Si](C)(C)C)cn1.COC(=O)c1cnc[nH]1.C[Si](C)(C)CCOCCl.C[Si](C)(C)CCOCn1cnc(CO)c1.Cc1c(C(=O)N[C@H](C(=O)OCc2cnc[nH]2)C(C)C)ccc2c1B(O)OC2.[2H]CF.[Al].[H-].[H-].[Li+].[Na+]. The molecule has 6 rings (SSSR count). The molecule has 0 aliphatic carbocycles. The van der Waals surface area contributed by atoms with E-state index in [0.717, 1.165) is 31.4 Å². The number of carbonyl (C=O) groups is 4. The van der Waals surface area contributed by atoms with Gasteiger partial charge in [0.15, 0.2) is 5.69 Å². The van der Waals surface area contributed by atoms with Gasteiger partial charge in [0.05, 0.1) is 85.0 Å². The molecule has 1 amide bonds. The number of fused-ring (bicyclic) bond motifs is 1. The number of aliphatic hydroxyl groups is 1. The first-order chi connectivity index (χ1) is 37.6. The van der Waals surface area contributed by atoms with E-state index in [1.807, 2.05) is 18.4 Å². The van der Waals surface area contributed by atoms with Crippen molar-refractivity contribution in [1.29, 1.82) is 0 Å². The predicted octanol–water partition coefficient (Wildman–Crippen LogP) is 3.82. The average Bonchev–Trinajstić information content (AvgIpc) is 4.27. The van der Waals surface area contributed by atoms with Gasteiger partial charge < -0.3 is 70.5 Å². The van der Waals surface area contributed by atoms with Crippen LogP contribution in [0, 0.1) is 12.8 Å². The summed E-state index contributed by atoms with van der Waals surface area (Å²) in [5.41, 5.74) is 4.54. The number of nitrogens with one attached hydrogen (secondary N) is 3. The Morgan fingerprint density at radius 3 is 1.78 bits per heavy atom. The molecule has 1 aliphatic heterocycles. The van der Waals surface area contributed by atoms with E-state index < -0.39 is 68.4 Å². The molecule has 0 spiro atoms. The third-order valence-electron chi connectivity index (χ3n) is 11.0. The molecule has 0 unspecified atom stereocenters. The van der Waals surface area contributed by atoms with Crippen molar-refractivity contribution in [3.63, 3.8) is 0 Å². The van der Waals surface area contributed by atoms with E-state index in [1.54, 1.807) is 54.9 Å². The van der Waals surface area contributed by atoms with Crippen molar-refractivity contribution in [2.75, 3.05) is 47.3 Å². The standard InChI is InChI=1S/C18H22BN3O5.C11H20N2O3Si.C10H20N2O2Si.C6H15ClOSi.C5H6N2O2.CH3F.4CH4.Al.Li.Na.2H/c1-10(2)16(18(24)26-8-13-6-20-9-21-13)22-17(23)14-5-4-12-7-27-19(25)15(12)11(14)3;1-15-11(14)10-7-13(8-12-10)9-16-5-6-17(2,3)4;1-15(2,3)5-4-14-9-12-6-10(7-13)11-8-12;1-9(2,3)5-4-8-6-7;1-9-5(8)4-2-6-3-7-4;1-2;;;;;;;;;/h4-6,9-10,16,25H,7-8H2,1-3H3,(H,20,21)(H,22,23);7-8H,5-6,9H2,1-4H3;6,8,13H,4-5,7,9H2,1-3H3;4-6H2,1-3H3;2-3H,1H3,(H,6,7);1H3;4*1H4;;;;;/q;;;;;;;;;;;2*+1;2*-1/t16-;;;;;;;;;;;;;;/m0............../s1/i;;;;;1D;;;;;;;;;. The molecule has 0 saturated carbocycles. The molecule has 31 heteroatoms. The third kappa shape index (κ3) is 41.1. The zero-order chi connectivity index (χ0) is 60.5. The number of alkyl halides is 2. The van der Waals surface area contributed by atoms with Gasteiger partial charge in [-0.15, -0.1) is 0 Å². The zero-order valence-electron chi connectivity index (χ0n) is 54.1. The third-order valence-corrected chi connectivity index (χ3v) is 16.2. The molecule has 5 aromatic rings. The summed E-state index contributed by atoms with van der Waals surface area (Å²) in [5, 5.41) is 21.5. The summed E-state index contributed by atoms with van der Waals surface area (Å²) in [6.07, 6.45) is 12.6. The minimum atomic E-state index is -1.04. The molecule has 1 aromatic carbocycles. The molecule has 0 saturated heterocycles. The van der Waals surface area contributed by atoms with Gasteiger partial charge in [-0.1, -0.05) is 120 Å². The molecule has 4 aromatic heterocycles. The molecule has 481 valence electrons. The first-order valence-electron chi connectivity index (χ1n) is 26.1. The number of halogens is 2. The Kier molecular flexibility index (Phi) is 56.2. The zero-order valence-corrected chi connectivity index (χ0v) is 58.0. The number of amides is 1. The maximum Gasteiger partial charge on any atom is 1.00 e. The van der Waals surface area contributed by atoms with Crippen LogP contribution in [-0.4, -0.2) is 175 Å². The molecule has 22 nitrogen and oxygen atoms in total. The molecule has 0 fully saturated rings. The van der Waals surface area contributed by atoms with Crippen molar-refractivity contribution in [2.45, 2.75) is 167 Å². The van der Waals surface area contributed by atoms with E-state index in [1.165, 1.54) is 45.2 Å². The van der Waals surface area contributed by atoms with Crippen molar-refractivity contribution in [1.82, 2.24) is 44.4 Å². The minimum Gasteiger partial charge on any atom is -1.00 e. The van der Waals surface area contributed by atoms with Gasteiger partial charge in [0.1, 0.15) is 37.9 Å². The molecule has 5 heterocycles. The van der Waals surface area contributed by atoms with Crippen molar-refractivity contribution < 1.29 is 119 Å². The number of esters is 3. The normalized spacial score (nSPS) is 11.2. The number of aromatic nitrogens is 8. The summed E-state index contributed by atoms with van der Waals surface area (Å²) in [7, 11) is -2.28. The second-order valence-corrected chi connectivity index (χ2v) is 38.7. The number of imidazole rings is 4. The van der Waals surface area contributed by atoms with Crippen molar-refractivity contribution >= 4 is 89.6 Å². The molecule has 86 heavy (non-hydrogen) atoms. The Morgan fingerprint density at radius 1 is 0.837 bits per heavy atom. The Bertz CT molecular complexity index is 2550. The van der Waals surface area contributed by atoms with Crippen LogP contribution in [0.1, 0.15) is 102 Å². The molecule has 1 aliphatic rings. The quantitative estimate of drug-likeness (QED) is 0.0204. The van der Waals surface area contributed by atoms with E-state index in [4.69, 9.17) is 41.7 Å². The first kappa shape index (κ1) is 93.9. The molecular formula is C55H104AlBClFLiN9NaO13Si3. The van der Waals surface area contributed by atoms with Crippen LogP contribution in [0.15, 0.2) is 62.2 Å². The maximum atomic E-state index is 12.8. The number of aromatic amines is 2. The largest absolute Gasteiger partial charge is 1.00 e. The molecule has 0 bridgehead atoms. The van der Waals surface area contributed by atoms with Crippen LogP contribution < -0.4 is 59.2 Å². The van der Waals surface area contributed by atoms with Crippen LogP contribution in [-0.2, 0) is 71.2 Å². The fourth-order valence-electron chi connectivity index (χ4n) is 6.28. The summed E-state index contributed by atoms with van der Waals surface area (Å²) >= 11 is 5.32. The van der Waals surface area contributed by atoms with Gasteiger partial charge in [-0.25, -0.2) is 34.3 Å². The number of carbonyl (C=O) groups excluding carboxylic acids is 4. The monoisotopic (exact) mass is 1310 g/mol. The van der Waals surface area contributed by atoms with E-state index in [2.05, 4.69) is 104 Å². The van der Waals surface area contributed by atoms with Crippen LogP contribution in [0.4, 0.5) is 4.39 Å². The molecular weight excluding hydrogens is 1200 g/mol. The number of hydrogen-bond acceptors (Lipinski definition) is 17. The van der Waals surface area contributed by atoms with E-state index in [-0.39, 0.29) is 117 Å². The second kappa shape index (κ2) is 51.5. The number of H-pyrrole nitrogens is 2. The fourth-order valence-corrected chi connectivity index (χ4v) is 8.66. The number of hydrogen-bond donors (Lipinski definition) is 5. The molecule has 1 atom stereocenters. The Labute approximate surface area is 570 Å². The van der Waals surface area contributed by atoms with Gasteiger partial charge in [0, 0.05) is 79.4 Å². The number of methoxy groups -OCH3 is 2. The number of benzene rings is 1. The van der Waals surface area contributed by atoms with E-state index in [9.17, 15) is 28.6 Å². The summed E-state index contributed by atoms with van der Waals surface area (Å²) in [6.45, 7) is 30.0. The van der Waals surface area contributed by atoms with E-state index >= 15 is 0 Å². The number of ether oxygens (including phenoxy) is 6. The van der Waals surface area contributed by atoms with Crippen LogP contribution in [0.2, 0.25) is 77.1 Å². The molecule has 3 radical (unpaired) electrons. The summed E-state index contributed by atoms with van der Waals surface area (Å²) in [4.78, 5) is 67.8. The van der Waals surface area contributed by atoms with Gasteiger partial charge >= 0.3 is 73.4 Å². The van der Waals surface area contributed by atoms with Crippen molar-refractivity contribution in [3.05, 3.63) is 102 Å². The average molecular weight is 1310 g/mol. The minimum absolute atomic E-state index is 0. The van der Waals surface area contributed by atoms with E-state index in [0.29, 0.717) is 65.5 Å². The van der Waals surface area contributed by atoms with Crippen molar-refractivity contribution in [3.8, 4) is 0 Å².